The number of carboxylic acid groups (broad SMARTS) is 1. The van der Waals surface area contributed by atoms with Crippen LogP contribution in [0.25, 0.3) is 22.3 Å². The summed E-state index contributed by atoms with van der Waals surface area (Å²) in [6.45, 7) is 1.74. The molecule has 0 aliphatic rings. The van der Waals surface area contributed by atoms with Crippen LogP contribution in [0, 0.1) is 0 Å². The summed E-state index contributed by atoms with van der Waals surface area (Å²) in [5.41, 5.74) is 13.8. The molecule has 3 aromatic heterocycles. The Hall–Kier alpha value is -4.91. The van der Waals surface area contributed by atoms with Gasteiger partial charge in [0.1, 0.15) is 18.4 Å². The molecule has 3 heterocycles. The van der Waals surface area contributed by atoms with Gasteiger partial charge in [-0.3, -0.25) is 9.48 Å². The van der Waals surface area contributed by atoms with Gasteiger partial charge in [-0.2, -0.15) is 5.10 Å². The lowest BCUT2D eigenvalue weighted by molar-refractivity contribution is 0.0696. The van der Waals surface area contributed by atoms with E-state index in [1.165, 1.54) is 43.7 Å². The Morgan fingerprint density at radius 2 is 1.22 bits per heavy atom. The Balaban J connectivity index is 0.000000194. The van der Waals surface area contributed by atoms with Crippen molar-refractivity contribution in [2.24, 2.45) is 18.5 Å². The normalized spacial score (nSPS) is 11.5. The number of aromatic nitrogens is 4. The van der Waals surface area contributed by atoms with Crippen molar-refractivity contribution in [3.05, 3.63) is 113 Å². The third kappa shape index (κ3) is 7.93. The molecule has 6 aromatic rings. The van der Waals surface area contributed by atoms with E-state index in [0.717, 1.165) is 34.3 Å². The highest BCUT2D eigenvalue weighted by atomic mass is 32.2. The number of hydrogen-bond donors (Lipinski definition) is 3. The Morgan fingerprint density at radius 3 is 1.66 bits per heavy atom. The molecule has 0 spiro atoms. The van der Waals surface area contributed by atoms with Gasteiger partial charge in [0.2, 0.25) is 19.7 Å². The van der Waals surface area contributed by atoms with Crippen LogP contribution < -0.4 is 11.5 Å². The van der Waals surface area contributed by atoms with Gasteiger partial charge in [0.05, 0.1) is 33.9 Å². The number of benzene rings is 3. The topological polar surface area (TPSA) is 218 Å². The van der Waals surface area contributed by atoms with E-state index in [9.17, 15) is 31.5 Å². The largest absolute Gasteiger partial charge is 0.478 e. The molecule has 0 fully saturated rings. The second-order valence-electron chi connectivity index (χ2n) is 10.7. The third-order valence-corrected chi connectivity index (χ3v) is 13.6. The van der Waals surface area contributed by atoms with E-state index >= 15 is 0 Å². The van der Waals surface area contributed by atoms with Gasteiger partial charge in [-0.25, -0.2) is 31.6 Å². The summed E-state index contributed by atoms with van der Waals surface area (Å²) in [4.78, 5) is 31.2. The number of Topliss-reactive ketones (excluding diaryl/α,β-unsaturated/α-hetero) is 1. The van der Waals surface area contributed by atoms with Crippen LogP contribution in [0.15, 0.2) is 110 Å². The van der Waals surface area contributed by atoms with Crippen LogP contribution in [0.3, 0.4) is 0 Å². The molecule has 258 valence electrons. The quantitative estimate of drug-likeness (QED) is 0.160. The maximum atomic E-state index is 12.9. The van der Waals surface area contributed by atoms with Gasteiger partial charge in [0, 0.05) is 37.5 Å². The predicted molar refractivity (Wildman–Crippen MR) is 188 cm³/mol. The van der Waals surface area contributed by atoms with Gasteiger partial charge in [-0.15, -0.1) is 22.7 Å². The van der Waals surface area contributed by atoms with E-state index in [4.69, 9.17) is 11.5 Å². The second-order valence-corrected chi connectivity index (χ2v) is 17.3. The molecule has 0 aliphatic carbocycles. The first-order valence-electron chi connectivity index (χ1n) is 14.6. The number of nitrogens with zero attached hydrogens (tertiary/aromatic N) is 4. The minimum absolute atomic E-state index is 0.0209. The molecule has 6 rings (SSSR count). The van der Waals surface area contributed by atoms with Crippen LogP contribution in [0.2, 0.25) is 0 Å². The molecule has 0 radical (unpaired) electrons. The molecule has 17 heteroatoms. The summed E-state index contributed by atoms with van der Waals surface area (Å²) < 4.78 is 53.3. The zero-order valence-corrected chi connectivity index (χ0v) is 29.8. The maximum absolute atomic E-state index is 12.9. The fourth-order valence-corrected chi connectivity index (χ4v) is 9.69. The van der Waals surface area contributed by atoms with E-state index < -0.39 is 25.6 Å². The van der Waals surface area contributed by atoms with Crippen molar-refractivity contribution in [3.8, 4) is 22.3 Å². The molecule has 3 aromatic carbocycles. The lowest BCUT2D eigenvalue weighted by Gasteiger charge is -2.09. The minimum Gasteiger partial charge on any atom is -0.478 e. The number of aromatic carboxylic acids is 1. The zero-order valence-electron chi connectivity index (χ0n) is 26.5. The van der Waals surface area contributed by atoms with Crippen molar-refractivity contribution in [2.75, 3.05) is 0 Å². The number of carbonyl (C=O) groups is 2. The van der Waals surface area contributed by atoms with Crippen molar-refractivity contribution in [2.45, 2.75) is 38.2 Å². The summed E-state index contributed by atoms with van der Waals surface area (Å²) in [6.07, 6.45) is 5.76. The SMILES string of the molecule is CC(=O)c1cc(-c2ccccc2)cc(S(=O)(=O)c2cnc(CN)s2)c1.Cn1cc(-c2cc(C(=O)O)cc(S(=O)(=O)c3cnc(CN)s3)c2)cn1. The number of sulfone groups is 2. The third-order valence-electron chi connectivity index (χ3n) is 7.18. The van der Waals surface area contributed by atoms with Crippen molar-refractivity contribution in [1.29, 1.82) is 0 Å². The van der Waals surface area contributed by atoms with Crippen LogP contribution in [0.5, 0.6) is 0 Å². The highest BCUT2D eigenvalue weighted by molar-refractivity contribution is 7.93. The van der Waals surface area contributed by atoms with Crippen molar-refractivity contribution >= 4 is 54.1 Å². The summed E-state index contributed by atoms with van der Waals surface area (Å²) in [6, 6.07) is 18.0. The smallest absolute Gasteiger partial charge is 0.335 e. The Kier molecular flexibility index (Phi) is 10.8. The van der Waals surface area contributed by atoms with E-state index in [-0.39, 0.29) is 42.6 Å². The number of nitrogens with two attached hydrogens (primary N) is 2. The van der Waals surface area contributed by atoms with Crippen LogP contribution in [0.1, 0.15) is 37.7 Å². The molecule has 0 saturated heterocycles. The first-order valence-corrected chi connectivity index (χ1v) is 19.2. The Labute approximate surface area is 295 Å². The lowest BCUT2D eigenvalue weighted by Crippen LogP contribution is -2.04. The minimum atomic E-state index is -3.90. The number of carbonyl (C=O) groups excluding carboxylic acids is 1. The zero-order chi connectivity index (χ0) is 36.2. The van der Waals surface area contributed by atoms with Gasteiger partial charge < -0.3 is 16.6 Å². The number of hydrogen-bond acceptors (Lipinski definition) is 13. The lowest BCUT2D eigenvalue weighted by atomic mass is 10.0. The van der Waals surface area contributed by atoms with Gasteiger partial charge in [0.15, 0.2) is 5.78 Å². The number of ketones is 1. The molecule has 0 atom stereocenters. The van der Waals surface area contributed by atoms with Crippen molar-refractivity contribution in [3.63, 3.8) is 0 Å². The Bertz CT molecular complexity index is 2420. The molecule has 0 amide bonds. The fourth-order valence-electron chi connectivity index (χ4n) is 4.63. The Morgan fingerprint density at radius 1 is 0.720 bits per heavy atom. The molecule has 13 nitrogen and oxygen atoms in total. The average Bonchev–Trinajstić information content (AvgIpc) is 3.90. The van der Waals surface area contributed by atoms with E-state index in [1.54, 1.807) is 30.1 Å². The molecule has 0 aliphatic heterocycles. The van der Waals surface area contributed by atoms with Gasteiger partial charge in [-0.05, 0) is 60.0 Å². The summed E-state index contributed by atoms with van der Waals surface area (Å²) >= 11 is 2.01. The number of thiazole rings is 2. The average molecular weight is 751 g/mol. The number of aryl methyl sites for hydroxylation is 1. The highest BCUT2D eigenvalue weighted by Gasteiger charge is 2.25. The molecular formula is C33H30N6O7S4. The fraction of sp³-hybridized carbons (Fsp3) is 0.121. The van der Waals surface area contributed by atoms with Gasteiger partial charge >= 0.3 is 5.97 Å². The molecule has 0 bridgehead atoms. The first-order chi connectivity index (χ1) is 23.7. The first kappa shape index (κ1) is 36.4. The van der Waals surface area contributed by atoms with Gasteiger partial charge in [0.25, 0.3) is 0 Å². The summed E-state index contributed by atoms with van der Waals surface area (Å²) in [5, 5.41) is 14.4. The molecular weight excluding hydrogens is 721 g/mol. The monoisotopic (exact) mass is 750 g/mol. The molecule has 5 N–H and O–H groups in total. The maximum Gasteiger partial charge on any atom is 0.335 e. The summed E-state index contributed by atoms with van der Waals surface area (Å²) in [5.74, 6) is -1.41. The summed E-state index contributed by atoms with van der Waals surface area (Å²) in [7, 11) is -5.95. The standard InChI is InChI=1S/C18H16N2O3S2.C15H14N4O4S2/c1-12(21)14-7-15(13-5-3-2-4-6-13)9-16(8-14)25(22,23)18-11-20-17(10-19)24-18;1-19-8-11(6-18-19)9-2-10(15(20)21)4-12(3-9)25(22,23)14-7-17-13(5-16)24-14/h2-9,11H,10,19H2,1H3;2-4,6-8H,5,16H2,1H3,(H,20,21). The van der Waals surface area contributed by atoms with Gasteiger partial charge in [-0.1, -0.05) is 30.3 Å². The number of carboxylic acids is 1. The van der Waals surface area contributed by atoms with Crippen LogP contribution >= 0.6 is 22.7 Å². The molecule has 50 heavy (non-hydrogen) atoms. The molecule has 0 saturated carbocycles. The predicted octanol–water partition coefficient (Wildman–Crippen LogP) is 4.84. The number of rotatable bonds is 10. The van der Waals surface area contributed by atoms with Crippen molar-refractivity contribution < 1.29 is 31.5 Å². The highest BCUT2D eigenvalue weighted by Crippen LogP contribution is 2.32. The van der Waals surface area contributed by atoms with Crippen LogP contribution in [-0.2, 0) is 39.8 Å². The molecule has 0 unspecified atom stereocenters. The van der Waals surface area contributed by atoms with E-state index in [2.05, 4.69) is 15.1 Å². The van der Waals surface area contributed by atoms with Crippen LogP contribution in [-0.4, -0.2) is 53.4 Å². The second kappa shape index (κ2) is 14.9. The van der Waals surface area contributed by atoms with Crippen molar-refractivity contribution in [1.82, 2.24) is 19.7 Å². The van der Waals surface area contributed by atoms with E-state index in [1.807, 2.05) is 30.3 Å². The van der Waals surface area contributed by atoms with E-state index in [0.29, 0.717) is 32.3 Å². The van der Waals surface area contributed by atoms with Crippen LogP contribution in [0.4, 0.5) is 0 Å².